The van der Waals surface area contributed by atoms with Gasteiger partial charge in [-0.1, -0.05) is 0 Å². The van der Waals surface area contributed by atoms with Crippen molar-refractivity contribution < 1.29 is 0 Å². The summed E-state index contributed by atoms with van der Waals surface area (Å²) >= 11 is 6.96. The van der Waals surface area contributed by atoms with Crippen LogP contribution in [0.25, 0.3) is 5.82 Å². The predicted molar refractivity (Wildman–Crippen MR) is 66.2 cm³/mol. The second-order valence-corrected chi connectivity index (χ2v) is 4.85. The zero-order valence-electron chi connectivity index (χ0n) is 8.33. The molecule has 2 heterocycles. The maximum atomic E-state index is 4.42. The van der Waals surface area contributed by atoms with E-state index in [1.54, 1.807) is 6.20 Å². The quantitative estimate of drug-likeness (QED) is 0.802. The maximum absolute atomic E-state index is 4.42. The molecule has 15 heavy (non-hydrogen) atoms. The zero-order chi connectivity index (χ0) is 11.0. The summed E-state index contributed by atoms with van der Waals surface area (Å²) in [5.74, 6) is 0.809. The predicted octanol–water partition coefficient (Wildman–Crippen LogP) is 3.41. The molecule has 0 aliphatic heterocycles. The van der Waals surface area contributed by atoms with Crippen molar-refractivity contribution in [2.75, 3.05) is 0 Å². The van der Waals surface area contributed by atoms with Gasteiger partial charge in [-0.3, -0.25) is 0 Å². The number of rotatable bonds is 1. The minimum atomic E-state index is 0.809. The highest BCUT2D eigenvalue weighted by Crippen LogP contribution is 2.25. The Balaban J connectivity index is 2.65. The lowest BCUT2D eigenvalue weighted by molar-refractivity contribution is 0.801. The van der Waals surface area contributed by atoms with Crippen molar-refractivity contribution in [3.8, 4) is 5.82 Å². The highest BCUT2D eigenvalue weighted by Gasteiger charge is 2.12. The average molecular weight is 331 g/mol. The molecule has 0 N–H and O–H groups in total. The molecule has 0 saturated heterocycles. The SMILES string of the molecule is Cc1nn(-c2ncccc2Br)c(C)c1Br. The van der Waals surface area contributed by atoms with Gasteiger partial charge in [-0.05, 0) is 57.8 Å². The van der Waals surface area contributed by atoms with E-state index in [-0.39, 0.29) is 0 Å². The Hall–Kier alpha value is -0.680. The van der Waals surface area contributed by atoms with Crippen molar-refractivity contribution in [1.82, 2.24) is 14.8 Å². The van der Waals surface area contributed by atoms with E-state index in [1.165, 1.54) is 0 Å². The standard InChI is InChI=1S/C10H9Br2N3/c1-6-9(12)7(2)15(14-6)10-8(11)4-3-5-13-10/h3-5H,1-2H3. The summed E-state index contributed by atoms with van der Waals surface area (Å²) in [5.41, 5.74) is 2.01. The molecule has 2 aromatic heterocycles. The molecule has 0 aromatic carbocycles. The summed E-state index contributed by atoms with van der Waals surface area (Å²) < 4.78 is 3.78. The molecule has 0 saturated carbocycles. The normalized spacial score (nSPS) is 10.7. The monoisotopic (exact) mass is 329 g/mol. The molecule has 0 spiro atoms. The van der Waals surface area contributed by atoms with Crippen LogP contribution in [0.1, 0.15) is 11.4 Å². The van der Waals surface area contributed by atoms with Gasteiger partial charge in [-0.25, -0.2) is 9.67 Å². The van der Waals surface area contributed by atoms with E-state index in [4.69, 9.17) is 0 Å². The molecule has 0 amide bonds. The molecule has 5 heteroatoms. The van der Waals surface area contributed by atoms with Gasteiger partial charge in [0.25, 0.3) is 0 Å². The number of halogens is 2. The van der Waals surface area contributed by atoms with Crippen LogP contribution in [0.15, 0.2) is 27.3 Å². The van der Waals surface area contributed by atoms with E-state index in [2.05, 4.69) is 41.9 Å². The van der Waals surface area contributed by atoms with Gasteiger partial charge in [-0.2, -0.15) is 5.10 Å². The molecule has 0 aliphatic rings. The lowest BCUT2D eigenvalue weighted by Gasteiger charge is -2.04. The van der Waals surface area contributed by atoms with Crippen LogP contribution in [0, 0.1) is 13.8 Å². The molecule has 0 fully saturated rings. The summed E-state index contributed by atoms with van der Waals surface area (Å²) in [6.45, 7) is 3.97. The highest BCUT2D eigenvalue weighted by atomic mass is 79.9. The van der Waals surface area contributed by atoms with Crippen LogP contribution in [0.4, 0.5) is 0 Å². The summed E-state index contributed by atoms with van der Waals surface area (Å²) in [6.07, 6.45) is 1.75. The first kappa shape index (κ1) is 10.8. The van der Waals surface area contributed by atoms with Crippen molar-refractivity contribution in [1.29, 1.82) is 0 Å². The van der Waals surface area contributed by atoms with E-state index in [9.17, 15) is 0 Å². The second-order valence-electron chi connectivity index (χ2n) is 3.21. The van der Waals surface area contributed by atoms with Gasteiger partial charge in [0.05, 0.1) is 20.3 Å². The van der Waals surface area contributed by atoms with Crippen LogP contribution in [0.5, 0.6) is 0 Å². The van der Waals surface area contributed by atoms with E-state index in [0.29, 0.717) is 0 Å². The largest absolute Gasteiger partial charge is 0.236 e. The molecular weight excluding hydrogens is 322 g/mol. The highest BCUT2D eigenvalue weighted by molar-refractivity contribution is 9.11. The second kappa shape index (κ2) is 4.06. The Morgan fingerprint density at radius 3 is 2.53 bits per heavy atom. The van der Waals surface area contributed by atoms with Crippen molar-refractivity contribution >= 4 is 31.9 Å². The van der Waals surface area contributed by atoms with Crippen LogP contribution in [-0.2, 0) is 0 Å². The van der Waals surface area contributed by atoms with Gasteiger partial charge in [0, 0.05) is 6.20 Å². The molecule has 3 nitrogen and oxygen atoms in total. The maximum Gasteiger partial charge on any atom is 0.167 e. The minimum Gasteiger partial charge on any atom is -0.236 e. The van der Waals surface area contributed by atoms with Crippen LogP contribution in [-0.4, -0.2) is 14.8 Å². The topological polar surface area (TPSA) is 30.7 Å². The Labute approximate surface area is 105 Å². The molecule has 0 unspecified atom stereocenters. The van der Waals surface area contributed by atoms with Crippen molar-refractivity contribution in [3.63, 3.8) is 0 Å². The molecular formula is C10H9Br2N3. The molecule has 0 atom stereocenters. The Kier molecular flexibility index (Phi) is 2.93. The van der Waals surface area contributed by atoms with Gasteiger partial charge in [0.2, 0.25) is 0 Å². The first-order valence-corrected chi connectivity index (χ1v) is 6.02. The zero-order valence-corrected chi connectivity index (χ0v) is 11.5. The molecule has 78 valence electrons. The molecule has 2 rings (SSSR count). The third kappa shape index (κ3) is 1.86. The third-order valence-corrected chi connectivity index (χ3v) is 3.91. The smallest absolute Gasteiger partial charge is 0.167 e. The number of aromatic nitrogens is 3. The fourth-order valence-electron chi connectivity index (χ4n) is 1.36. The minimum absolute atomic E-state index is 0.809. The lowest BCUT2D eigenvalue weighted by Crippen LogP contribution is -2.02. The summed E-state index contributed by atoms with van der Waals surface area (Å²) in [4.78, 5) is 4.30. The summed E-state index contributed by atoms with van der Waals surface area (Å²) in [6, 6.07) is 3.83. The van der Waals surface area contributed by atoms with E-state index < -0.39 is 0 Å². The summed E-state index contributed by atoms with van der Waals surface area (Å²) in [5, 5.41) is 4.42. The molecule has 0 bridgehead atoms. The van der Waals surface area contributed by atoms with Crippen LogP contribution in [0.2, 0.25) is 0 Å². The fourth-order valence-corrected chi connectivity index (χ4v) is 2.03. The molecule has 2 aromatic rings. The summed E-state index contributed by atoms with van der Waals surface area (Å²) in [7, 11) is 0. The van der Waals surface area contributed by atoms with Gasteiger partial charge < -0.3 is 0 Å². The van der Waals surface area contributed by atoms with Crippen LogP contribution < -0.4 is 0 Å². The number of hydrogen-bond donors (Lipinski definition) is 0. The number of hydrogen-bond acceptors (Lipinski definition) is 2. The first-order valence-electron chi connectivity index (χ1n) is 4.44. The Bertz CT molecular complexity index is 505. The van der Waals surface area contributed by atoms with Crippen molar-refractivity contribution in [3.05, 3.63) is 38.7 Å². The van der Waals surface area contributed by atoms with Crippen molar-refractivity contribution in [2.45, 2.75) is 13.8 Å². The first-order chi connectivity index (χ1) is 7.11. The van der Waals surface area contributed by atoms with Crippen LogP contribution in [0.3, 0.4) is 0 Å². The lowest BCUT2D eigenvalue weighted by atomic mass is 10.4. The van der Waals surface area contributed by atoms with Crippen molar-refractivity contribution in [2.24, 2.45) is 0 Å². The van der Waals surface area contributed by atoms with E-state index >= 15 is 0 Å². The molecule has 0 radical (unpaired) electrons. The number of pyridine rings is 1. The van der Waals surface area contributed by atoms with Crippen LogP contribution >= 0.6 is 31.9 Å². The van der Waals surface area contributed by atoms with Gasteiger partial charge in [0.1, 0.15) is 0 Å². The van der Waals surface area contributed by atoms with Gasteiger partial charge in [-0.15, -0.1) is 0 Å². The number of nitrogens with zero attached hydrogens (tertiary/aromatic N) is 3. The fraction of sp³-hybridized carbons (Fsp3) is 0.200. The van der Waals surface area contributed by atoms with E-state index in [1.807, 2.05) is 30.7 Å². The average Bonchev–Trinajstić information content (AvgIpc) is 2.47. The number of aryl methyl sites for hydroxylation is 1. The van der Waals surface area contributed by atoms with Gasteiger partial charge in [0.15, 0.2) is 5.82 Å². The van der Waals surface area contributed by atoms with E-state index in [0.717, 1.165) is 26.2 Å². The van der Waals surface area contributed by atoms with Gasteiger partial charge >= 0.3 is 0 Å². The Morgan fingerprint density at radius 2 is 2.00 bits per heavy atom. The third-order valence-electron chi connectivity index (χ3n) is 2.14. The Morgan fingerprint density at radius 1 is 1.27 bits per heavy atom. The molecule has 0 aliphatic carbocycles.